The number of rotatable bonds is 6. The van der Waals surface area contributed by atoms with Gasteiger partial charge in [-0.25, -0.2) is 4.98 Å². The van der Waals surface area contributed by atoms with Gasteiger partial charge in [0, 0.05) is 50.4 Å². The van der Waals surface area contributed by atoms with Crippen molar-refractivity contribution < 1.29 is 4.79 Å². The molecule has 0 saturated carbocycles. The lowest BCUT2D eigenvalue weighted by Gasteiger charge is -2.11. The monoisotopic (exact) mass is 301 g/mol. The van der Waals surface area contributed by atoms with E-state index in [-0.39, 0.29) is 5.91 Å². The molecule has 0 aliphatic rings. The zero-order valence-electron chi connectivity index (χ0n) is 12.2. The van der Waals surface area contributed by atoms with Crippen molar-refractivity contribution in [3.05, 3.63) is 52.5 Å². The van der Waals surface area contributed by atoms with E-state index in [1.807, 2.05) is 54.7 Å². The van der Waals surface area contributed by atoms with E-state index in [0.29, 0.717) is 6.54 Å². The van der Waals surface area contributed by atoms with Gasteiger partial charge in [-0.2, -0.15) is 0 Å². The summed E-state index contributed by atoms with van der Waals surface area (Å²) in [7, 11) is 4.00. The van der Waals surface area contributed by atoms with Crippen molar-refractivity contribution in [2.45, 2.75) is 6.42 Å². The van der Waals surface area contributed by atoms with E-state index in [9.17, 15) is 4.79 Å². The number of hydrogen-bond donors (Lipinski definition) is 1. The van der Waals surface area contributed by atoms with Gasteiger partial charge in [-0.1, -0.05) is 12.1 Å². The Balaban J connectivity index is 1.78. The van der Waals surface area contributed by atoms with E-state index in [2.05, 4.69) is 10.3 Å². The van der Waals surface area contributed by atoms with Crippen LogP contribution in [-0.2, 0) is 11.2 Å². The van der Waals surface area contributed by atoms with Gasteiger partial charge < -0.3 is 10.2 Å². The molecule has 0 bridgehead atoms. The van der Waals surface area contributed by atoms with Crippen LogP contribution in [0.4, 0.5) is 5.69 Å². The Hall–Kier alpha value is -2.14. The number of aromatic nitrogens is 1. The van der Waals surface area contributed by atoms with Crippen LogP contribution < -0.4 is 10.2 Å². The highest BCUT2D eigenvalue weighted by molar-refractivity contribution is 7.09. The summed E-state index contributed by atoms with van der Waals surface area (Å²) < 4.78 is 0. The Kier molecular flexibility index (Phi) is 5.51. The molecule has 2 aromatic rings. The Bertz CT molecular complexity index is 588. The summed E-state index contributed by atoms with van der Waals surface area (Å²) in [4.78, 5) is 17.9. The maximum Gasteiger partial charge on any atom is 0.244 e. The summed E-state index contributed by atoms with van der Waals surface area (Å²) in [6, 6.07) is 8.05. The molecule has 4 nitrogen and oxygen atoms in total. The molecule has 0 atom stereocenters. The second-order valence-corrected chi connectivity index (χ2v) is 5.77. The lowest BCUT2D eigenvalue weighted by atomic mass is 10.2. The molecule has 0 aliphatic heterocycles. The van der Waals surface area contributed by atoms with Crippen LogP contribution in [0.2, 0.25) is 0 Å². The second kappa shape index (κ2) is 7.59. The first-order chi connectivity index (χ1) is 10.1. The normalized spacial score (nSPS) is 10.8. The molecule has 0 unspecified atom stereocenters. The van der Waals surface area contributed by atoms with Crippen LogP contribution in [0.25, 0.3) is 6.08 Å². The molecule has 0 radical (unpaired) electrons. The highest BCUT2D eigenvalue weighted by Crippen LogP contribution is 2.13. The Morgan fingerprint density at radius 2 is 2.10 bits per heavy atom. The fourth-order valence-corrected chi connectivity index (χ4v) is 2.40. The van der Waals surface area contributed by atoms with Gasteiger partial charge >= 0.3 is 0 Å². The SMILES string of the molecule is CN(C)c1ccc(/C=C/C(=O)NCCc2nccs2)cc1. The molecule has 0 saturated heterocycles. The smallest absolute Gasteiger partial charge is 0.244 e. The van der Waals surface area contributed by atoms with E-state index >= 15 is 0 Å². The third-order valence-electron chi connectivity index (χ3n) is 2.96. The number of nitrogens with zero attached hydrogens (tertiary/aromatic N) is 2. The molecular formula is C16H19N3OS. The molecule has 1 amide bonds. The quantitative estimate of drug-likeness (QED) is 0.834. The van der Waals surface area contributed by atoms with Crippen molar-refractivity contribution in [3.63, 3.8) is 0 Å². The molecule has 1 aromatic carbocycles. The van der Waals surface area contributed by atoms with Crippen LogP contribution in [0.15, 0.2) is 41.9 Å². The minimum atomic E-state index is -0.0803. The fourth-order valence-electron chi connectivity index (χ4n) is 1.78. The van der Waals surface area contributed by atoms with E-state index in [1.54, 1.807) is 23.6 Å². The molecule has 21 heavy (non-hydrogen) atoms. The van der Waals surface area contributed by atoms with E-state index in [4.69, 9.17) is 0 Å². The molecule has 110 valence electrons. The van der Waals surface area contributed by atoms with Gasteiger partial charge in [-0.15, -0.1) is 11.3 Å². The molecular weight excluding hydrogens is 282 g/mol. The number of thiazole rings is 1. The summed E-state index contributed by atoms with van der Waals surface area (Å²) in [5.41, 5.74) is 2.15. The predicted octanol–water partition coefficient (Wildman–Crippen LogP) is 2.58. The van der Waals surface area contributed by atoms with Gasteiger partial charge in [0.25, 0.3) is 0 Å². The van der Waals surface area contributed by atoms with Gasteiger partial charge in [0.1, 0.15) is 0 Å². The van der Waals surface area contributed by atoms with E-state index in [0.717, 1.165) is 22.7 Å². The average Bonchev–Trinajstić information content (AvgIpc) is 2.99. The van der Waals surface area contributed by atoms with Crippen LogP contribution >= 0.6 is 11.3 Å². The van der Waals surface area contributed by atoms with Gasteiger partial charge in [0.2, 0.25) is 5.91 Å². The highest BCUT2D eigenvalue weighted by atomic mass is 32.1. The number of carbonyl (C=O) groups is 1. The van der Waals surface area contributed by atoms with Gasteiger partial charge in [0.05, 0.1) is 5.01 Å². The number of carbonyl (C=O) groups excluding carboxylic acids is 1. The van der Waals surface area contributed by atoms with Crippen LogP contribution in [0, 0.1) is 0 Å². The Labute approximate surface area is 129 Å². The van der Waals surface area contributed by atoms with E-state index in [1.165, 1.54) is 0 Å². The summed E-state index contributed by atoms with van der Waals surface area (Å²) in [5, 5.41) is 5.83. The third kappa shape index (κ3) is 5.04. The highest BCUT2D eigenvalue weighted by Gasteiger charge is 1.98. The molecule has 5 heteroatoms. The summed E-state index contributed by atoms with van der Waals surface area (Å²) in [5.74, 6) is -0.0803. The van der Waals surface area contributed by atoms with Crippen molar-refractivity contribution in [1.82, 2.24) is 10.3 Å². The summed E-state index contributed by atoms with van der Waals surface area (Å²) >= 11 is 1.60. The number of nitrogens with one attached hydrogen (secondary N) is 1. The molecule has 1 N–H and O–H groups in total. The standard InChI is InChI=1S/C16H19N3OS/c1-19(2)14-6-3-13(4-7-14)5-8-15(20)17-10-9-16-18-11-12-21-16/h3-8,11-12H,9-10H2,1-2H3,(H,17,20)/b8-5+. The molecule has 0 aliphatic carbocycles. The van der Waals surface area contributed by atoms with Gasteiger partial charge in [-0.05, 0) is 23.8 Å². The first-order valence-electron chi connectivity index (χ1n) is 6.77. The maximum absolute atomic E-state index is 11.7. The molecule has 0 fully saturated rings. The van der Waals surface area contributed by atoms with Crippen molar-refractivity contribution in [2.24, 2.45) is 0 Å². The van der Waals surface area contributed by atoms with Gasteiger partial charge in [0.15, 0.2) is 0 Å². The Morgan fingerprint density at radius 3 is 2.71 bits per heavy atom. The van der Waals surface area contributed by atoms with Gasteiger partial charge in [-0.3, -0.25) is 4.79 Å². The van der Waals surface area contributed by atoms with Crippen LogP contribution in [0.3, 0.4) is 0 Å². The minimum Gasteiger partial charge on any atom is -0.378 e. The topological polar surface area (TPSA) is 45.2 Å². The molecule has 1 aromatic heterocycles. The largest absolute Gasteiger partial charge is 0.378 e. The van der Waals surface area contributed by atoms with Crippen molar-refractivity contribution in [1.29, 1.82) is 0 Å². The van der Waals surface area contributed by atoms with Crippen molar-refractivity contribution in [2.75, 3.05) is 25.5 Å². The molecule has 1 heterocycles. The predicted molar refractivity (Wildman–Crippen MR) is 88.6 cm³/mol. The number of anilines is 1. The third-order valence-corrected chi connectivity index (χ3v) is 3.80. The first kappa shape index (κ1) is 15.3. The average molecular weight is 301 g/mol. The lowest BCUT2D eigenvalue weighted by Crippen LogP contribution is -2.23. The number of benzene rings is 1. The number of amides is 1. The summed E-state index contributed by atoms with van der Waals surface area (Å²) in [6.07, 6.45) is 5.93. The Morgan fingerprint density at radius 1 is 1.33 bits per heavy atom. The second-order valence-electron chi connectivity index (χ2n) is 4.79. The zero-order chi connectivity index (χ0) is 15.1. The molecule has 2 rings (SSSR count). The fraction of sp³-hybridized carbons (Fsp3) is 0.250. The van der Waals surface area contributed by atoms with Crippen LogP contribution in [0.1, 0.15) is 10.6 Å². The van der Waals surface area contributed by atoms with Crippen molar-refractivity contribution >= 4 is 29.0 Å². The van der Waals surface area contributed by atoms with Crippen molar-refractivity contribution in [3.8, 4) is 0 Å². The minimum absolute atomic E-state index is 0.0803. The lowest BCUT2D eigenvalue weighted by molar-refractivity contribution is -0.116. The first-order valence-corrected chi connectivity index (χ1v) is 7.65. The zero-order valence-corrected chi connectivity index (χ0v) is 13.1. The van der Waals surface area contributed by atoms with Crippen LogP contribution in [0.5, 0.6) is 0 Å². The summed E-state index contributed by atoms with van der Waals surface area (Å²) in [6.45, 7) is 0.607. The van der Waals surface area contributed by atoms with E-state index < -0.39 is 0 Å². The van der Waals surface area contributed by atoms with Crippen LogP contribution in [-0.4, -0.2) is 31.5 Å². The molecule has 0 spiro atoms. The maximum atomic E-state index is 11.7. The number of hydrogen-bond acceptors (Lipinski definition) is 4.